The number of hydrogen-bond donors (Lipinski definition) is 3. The van der Waals surface area contributed by atoms with E-state index in [1.807, 2.05) is 0 Å². The molecule has 0 spiro atoms. The normalized spacial score (nSPS) is 16.9. The molecule has 0 radical (unpaired) electrons. The Morgan fingerprint density at radius 1 is 1.27 bits per heavy atom. The number of aliphatic carboxylic acids is 1. The monoisotopic (exact) mass is 532 g/mol. The molecule has 1 unspecified atom stereocenters. The maximum Gasteiger partial charge on any atom is 0.410 e. The summed E-state index contributed by atoms with van der Waals surface area (Å²) in [5, 5.41) is 10.1. The van der Waals surface area contributed by atoms with Crippen LogP contribution in [-0.2, 0) is 26.0 Å². The Morgan fingerprint density at radius 3 is 2.68 bits per heavy atom. The fraction of sp³-hybridized carbons (Fsp3) is 0.480. The van der Waals surface area contributed by atoms with Crippen LogP contribution >= 0.6 is 0 Å². The first-order valence-electron chi connectivity index (χ1n) is 12.1. The van der Waals surface area contributed by atoms with Gasteiger partial charge in [0.05, 0.1) is 4.90 Å². The molecule has 37 heavy (non-hydrogen) atoms. The van der Waals surface area contributed by atoms with Gasteiger partial charge < -0.3 is 24.7 Å². The molecule has 1 aliphatic rings. The lowest BCUT2D eigenvalue weighted by molar-refractivity contribution is -0.137. The summed E-state index contributed by atoms with van der Waals surface area (Å²) >= 11 is 0. The van der Waals surface area contributed by atoms with Gasteiger partial charge in [0.2, 0.25) is 10.0 Å². The number of pyridine rings is 1. The lowest BCUT2D eigenvalue weighted by Crippen LogP contribution is -2.42. The third kappa shape index (κ3) is 5.49. The number of H-pyrrole nitrogens is 2. The molecule has 3 aromatic rings. The number of sulfonamides is 1. The summed E-state index contributed by atoms with van der Waals surface area (Å²) in [5.74, 6) is -0.905. The summed E-state index contributed by atoms with van der Waals surface area (Å²) in [6.45, 7) is 5.72. The third-order valence-electron chi connectivity index (χ3n) is 6.53. The second-order valence-electron chi connectivity index (χ2n) is 10.4. The van der Waals surface area contributed by atoms with Crippen molar-refractivity contribution in [3.63, 3.8) is 0 Å². The number of aromatic nitrogens is 2. The van der Waals surface area contributed by atoms with E-state index in [9.17, 15) is 22.8 Å². The van der Waals surface area contributed by atoms with Gasteiger partial charge in [-0.15, -0.1) is 0 Å². The fourth-order valence-corrected chi connectivity index (χ4v) is 6.16. The lowest BCUT2D eigenvalue weighted by atomic mass is 10.0. The Hall–Kier alpha value is -3.38. The number of carboxylic acid groups (broad SMARTS) is 1. The van der Waals surface area contributed by atoms with Gasteiger partial charge in [0.1, 0.15) is 11.1 Å². The molecule has 1 fully saturated rings. The van der Waals surface area contributed by atoms with Crippen molar-refractivity contribution in [2.75, 3.05) is 20.1 Å². The average Bonchev–Trinajstić information content (AvgIpc) is 3.46. The number of carbonyl (C=O) groups excluding carboxylic acids is 1. The minimum atomic E-state index is -3.89. The van der Waals surface area contributed by atoms with E-state index in [1.54, 1.807) is 46.1 Å². The van der Waals surface area contributed by atoms with E-state index in [4.69, 9.17) is 9.84 Å². The van der Waals surface area contributed by atoms with Gasteiger partial charge in [0.15, 0.2) is 0 Å². The van der Waals surface area contributed by atoms with E-state index in [2.05, 4.69) is 9.97 Å². The molecule has 0 bridgehead atoms. The van der Waals surface area contributed by atoms with Crippen LogP contribution in [0.25, 0.3) is 21.8 Å². The first-order chi connectivity index (χ1) is 17.3. The maximum atomic E-state index is 13.6. The van der Waals surface area contributed by atoms with Crippen molar-refractivity contribution < 1.29 is 27.9 Å². The van der Waals surface area contributed by atoms with Crippen LogP contribution in [0.3, 0.4) is 0 Å². The molecular weight excluding hydrogens is 500 g/mol. The Labute approximate surface area is 214 Å². The zero-order valence-electron chi connectivity index (χ0n) is 21.3. The van der Waals surface area contributed by atoms with Crippen molar-refractivity contribution in [3.05, 3.63) is 40.3 Å². The number of fused-ring (bicyclic) bond motifs is 3. The van der Waals surface area contributed by atoms with Gasteiger partial charge in [0.25, 0.3) is 5.56 Å². The SMILES string of the molecule is CN(C(=O)OC(C)(C)C)C1CCN(S(=O)(=O)c2ccc3[nH]c(=O)c4[nH]cc(CCCC(=O)O)c4c3c2)C1. The molecule has 3 N–H and O–H groups in total. The number of amides is 1. The number of nitrogens with one attached hydrogen (secondary N) is 2. The van der Waals surface area contributed by atoms with E-state index < -0.39 is 27.7 Å². The maximum absolute atomic E-state index is 13.6. The number of likely N-dealkylation sites (N-methyl/N-ethyl adjacent to an activating group) is 1. The average molecular weight is 533 g/mol. The van der Waals surface area contributed by atoms with Crippen molar-refractivity contribution in [1.82, 2.24) is 19.2 Å². The van der Waals surface area contributed by atoms with Crippen LogP contribution in [0.15, 0.2) is 34.1 Å². The number of carboxylic acids is 1. The molecule has 1 aromatic carbocycles. The molecule has 0 saturated carbocycles. The van der Waals surface area contributed by atoms with Gasteiger partial charge in [-0.05, 0) is 63.8 Å². The number of aromatic amines is 2. The molecule has 12 heteroatoms. The number of hydrogen-bond acceptors (Lipinski definition) is 6. The molecule has 11 nitrogen and oxygen atoms in total. The Balaban J connectivity index is 1.64. The van der Waals surface area contributed by atoms with Crippen LogP contribution < -0.4 is 5.56 Å². The highest BCUT2D eigenvalue weighted by Gasteiger charge is 2.37. The van der Waals surface area contributed by atoms with Gasteiger partial charge in [-0.2, -0.15) is 4.31 Å². The van der Waals surface area contributed by atoms with Crippen molar-refractivity contribution in [2.24, 2.45) is 0 Å². The first-order valence-corrected chi connectivity index (χ1v) is 13.6. The second-order valence-corrected chi connectivity index (χ2v) is 12.3. The summed E-state index contributed by atoms with van der Waals surface area (Å²) in [4.78, 5) is 43.2. The lowest BCUT2D eigenvalue weighted by Gasteiger charge is -2.28. The highest BCUT2D eigenvalue weighted by molar-refractivity contribution is 7.89. The van der Waals surface area contributed by atoms with Gasteiger partial charge in [0, 0.05) is 55.1 Å². The van der Waals surface area contributed by atoms with Gasteiger partial charge in [-0.1, -0.05) is 0 Å². The number of aryl methyl sites for hydroxylation is 1. The van der Waals surface area contributed by atoms with Gasteiger partial charge >= 0.3 is 12.1 Å². The molecule has 1 amide bonds. The van der Waals surface area contributed by atoms with Crippen LogP contribution in [0.2, 0.25) is 0 Å². The molecule has 2 aromatic heterocycles. The van der Waals surface area contributed by atoms with Crippen LogP contribution in [0, 0.1) is 0 Å². The summed E-state index contributed by atoms with van der Waals surface area (Å²) < 4.78 is 33.9. The number of nitrogens with zero attached hydrogens (tertiary/aromatic N) is 2. The quantitative estimate of drug-likeness (QED) is 0.423. The number of benzene rings is 1. The van der Waals surface area contributed by atoms with Crippen LogP contribution in [0.1, 0.15) is 45.6 Å². The first kappa shape index (κ1) is 26.7. The molecular formula is C25H32N4O7S. The molecule has 3 heterocycles. The smallest absolute Gasteiger partial charge is 0.410 e. The summed E-state index contributed by atoms with van der Waals surface area (Å²) in [6, 6.07) is 4.25. The van der Waals surface area contributed by atoms with E-state index >= 15 is 0 Å². The van der Waals surface area contributed by atoms with Crippen molar-refractivity contribution in [1.29, 1.82) is 0 Å². The van der Waals surface area contributed by atoms with Crippen LogP contribution in [0.4, 0.5) is 4.79 Å². The molecule has 4 rings (SSSR count). The summed E-state index contributed by atoms with van der Waals surface area (Å²) in [5.41, 5.74) is 0.557. The van der Waals surface area contributed by atoms with Gasteiger partial charge in [-0.3, -0.25) is 9.59 Å². The molecule has 0 aliphatic carbocycles. The Morgan fingerprint density at radius 2 is 2.00 bits per heavy atom. The number of ether oxygens (including phenoxy) is 1. The predicted octanol–water partition coefficient (Wildman–Crippen LogP) is 3.05. The predicted molar refractivity (Wildman–Crippen MR) is 138 cm³/mol. The Kier molecular flexibility index (Phi) is 7.08. The summed E-state index contributed by atoms with van der Waals surface area (Å²) in [6.07, 6.45) is 2.44. The fourth-order valence-electron chi connectivity index (χ4n) is 4.64. The van der Waals surface area contributed by atoms with E-state index in [-0.39, 0.29) is 36.0 Å². The van der Waals surface area contributed by atoms with E-state index in [1.165, 1.54) is 15.3 Å². The Bertz CT molecular complexity index is 1520. The van der Waals surface area contributed by atoms with Crippen molar-refractivity contribution in [2.45, 2.75) is 63.0 Å². The van der Waals surface area contributed by atoms with Crippen molar-refractivity contribution >= 4 is 43.9 Å². The molecule has 1 aliphatic heterocycles. The zero-order chi connectivity index (χ0) is 27.1. The third-order valence-corrected chi connectivity index (χ3v) is 8.39. The number of rotatable bonds is 7. The van der Waals surface area contributed by atoms with Crippen molar-refractivity contribution in [3.8, 4) is 0 Å². The van der Waals surface area contributed by atoms with Crippen LogP contribution in [0.5, 0.6) is 0 Å². The highest BCUT2D eigenvalue weighted by atomic mass is 32.2. The minimum Gasteiger partial charge on any atom is -0.481 e. The summed E-state index contributed by atoms with van der Waals surface area (Å²) in [7, 11) is -2.28. The largest absolute Gasteiger partial charge is 0.481 e. The zero-order valence-corrected chi connectivity index (χ0v) is 22.1. The minimum absolute atomic E-state index is 0.0126. The van der Waals surface area contributed by atoms with Gasteiger partial charge in [-0.25, -0.2) is 13.2 Å². The molecule has 1 atom stereocenters. The molecule has 200 valence electrons. The molecule has 1 saturated heterocycles. The topological polar surface area (TPSA) is 153 Å². The van der Waals surface area contributed by atoms with E-state index in [0.29, 0.717) is 41.1 Å². The highest BCUT2D eigenvalue weighted by Crippen LogP contribution is 2.30. The number of carbonyl (C=O) groups is 2. The standard InChI is InChI=1S/C25H32N4O7S/c1-25(2,3)36-24(33)28(4)16-10-11-29(14-16)37(34,35)17-8-9-19-18(12-17)21-15(6-5-7-20(30)31)13-26-22(21)23(32)27-19/h8-9,12-13,16,26H,5-7,10-11,14H2,1-4H3,(H,27,32)(H,30,31). The van der Waals surface area contributed by atoms with E-state index in [0.717, 1.165) is 5.56 Å². The second kappa shape index (κ2) is 9.82. The van der Waals surface area contributed by atoms with Crippen LogP contribution in [-0.4, -0.2) is 76.5 Å².